The SMILES string of the molecule is OCC1(c2ccc(F)cc2)CCCN(Cc2ccccc2)C1. The van der Waals surface area contributed by atoms with Gasteiger partial charge in [0.05, 0.1) is 6.61 Å². The van der Waals surface area contributed by atoms with Gasteiger partial charge in [-0.3, -0.25) is 4.90 Å². The fraction of sp³-hybridized carbons (Fsp3) is 0.368. The Labute approximate surface area is 131 Å². The summed E-state index contributed by atoms with van der Waals surface area (Å²) in [4.78, 5) is 2.39. The van der Waals surface area contributed by atoms with Gasteiger partial charge in [-0.2, -0.15) is 0 Å². The lowest BCUT2D eigenvalue weighted by Gasteiger charge is -2.42. The van der Waals surface area contributed by atoms with E-state index in [0.717, 1.165) is 38.0 Å². The first kappa shape index (κ1) is 15.2. The predicted molar refractivity (Wildman–Crippen MR) is 86.1 cm³/mol. The van der Waals surface area contributed by atoms with E-state index < -0.39 is 0 Å². The lowest BCUT2D eigenvalue weighted by atomic mass is 9.74. The van der Waals surface area contributed by atoms with Gasteiger partial charge in [-0.1, -0.05) is 42.5 Å². The van der Waals surface area contributed by atoms with Gasteiger partial charge in [-0.05, 0) is 42.6 Å². The van der Waals surface area contributed by atoms with Crippen LogP contribution in [0.15, 0.2) is 54.6 Å². The third-order valence-corrected chi connectivity index (χ3v) is 4.66. The second-order valence-electron chi connectivity index (χ2n) is 6.25. The lowest BCUT2D eigenvalue weighted by molar-refractivity contribution is 0.0850. The largest absolute Gasteiger partial charge is 0.395 e. The van der Waals surface area contributed by atoms with Crippen molar-refractivity contribution in [2.75, 3.05) is 19.7 Å². The molecule has 0 saturated carbocycles. The minimum absolute atomic E-state index is 0.101. The molecule has 3 rings (SSSR count). The second kappa shape index (κ2) is 6.59. The van der Waals surface area contributed by atoms with E-state index in [0.29, 0.717) is 0 Å². The van der Waals surface area contributed by atoms with Crippen molar-refractivity contribution in [3.8, 4) is 0 Å². The minimum Gasteiger partial charge on any atom is -0.395 e. The third-order valence-electron chi connectivity index (χ3n) is 4.66. The molecule has 0 radical (unpaired) electrons. The van der Waals surface area contributed by atoms with Gasteiger partial charge in [-0.25, -0.2) is 4.39 Å². The zero-order valence-electron chi connectivity index (χ0n) is 12.7. The van der Waals surface area contributed by atoms with Crippen molar-refractivity contribution in [1.82, 2.24) is 4.90 Å². The summed E-state index contributed by atoms with van der Waals surface area (Å²) in [6.45, 7) is 2.84. The molecule has 22 heavy (non-hydrogen) atoms. The highest BCUT2D eigenvalue weighted by molar-refractivity contribution is 5.28. The Morgan fingerprint density at radius 1 is 1.05 bits per heavy atom. The fourth-order valence-electron chi connectivity index (χ4n) is 3.46. The Kier molecular flexibility index (Phi) is 4.55. The van der Waals surface area contributed by atoms with E-state index in [4.69, 9.17) is 0 Å². The van der Waals surface area contributed by atoms with E-state index in [9.17, 15) is 9.50 Å². The molecule has 116 valence electrons. The Balaban J connectivity index is 1.79. The second-order valence-corrected chi connectivity index (χ2v) is 6.25. The fourth-order valence-corrected chi connectivity index (χ4v) is 3.46. The summed E-state index contributed by atoms with van der Waals surface area (Å²) >= 11 is 0. The first-order chi connectivity index (χ1) is 10.7. The molecule has 0 spiro atoms. The number of hydrogen-bond acceptors (Lipinski definition) is 2. The first-order valence-corrected chi connectivity index (χ1v) is 7.85. The van der Waals surface area contributed by atoms with Gasteiger partial charge in [0, 0.05) is 18.5 Å². The maximum absolute atomic E-state index is 13.2. The topological polar surface area (TPSA) is 23.5 Å². The van der Waals surface area contributed by atoms with E-state index in [1.807, 2.05) is 18.2 Å². The molecule has 0 amide bonds. The van der Waals surface area contributed by atoms with E-state index in [1.54, 1.807) is 0 Å². The normalized spacial score (nSPS) is 22.6. The van der Waals surface area contributed by atoms with Crippen LogP contribution >= 0.6 is 0 Å². The molecule has 0 aromatic heterocycles. The van der Waals surface area contributed by atoms with Crippen LogP contribution in [0, 0.1) is 5.82 Å². The van der Waals surface area contributed by atoms with Crippen LogP contribution in [0.4, 0.5) is 4.39 Å². The number of aliphatic hydroxyl groups excluding tert-OH is 1. The molecule has 1 N–H and O–H groups in total. The molecule has 2 nitrogen and oxygen atoms in total. The zero-order valence-corrected chi connectivity index (χ0v) is 12.7. The monoisotopic (exact) mass is 299 g/mol. The molecule has 1 fully saturated rings. The standard InChI is InChI=1S/C19H22FNO/c20-18-9-7-17(8-10-18)19(15-22)11-4-12-21(14-19)13-16-5-2-1-3-6-16/h1-3,5-10,22H,4,11-15H2. The number of aliphatic hydroxyl groups is 1. The Bertz CT molecular complexity index is 599. The van der Waals surface area contributed by atoms with Gasteiger partial charge in [0.1, 0.15) is 5.82 Å². The third kappa shape index (κ3) is 3.21. The average Bonchev–Trinajstić information content (AvgIpc) is 2.56. The molecule has 3 heteroatoms. The Hall–Kier alpha value is -1.71. The molecule has 1 unspecified atom stereocenters. The summed E-state index contributed by atoms with van der Waals surface area (Å²) in [5.41, 5.74) is 2.05. The van der Waals surface area contributed by atoms with Crippen LogP contribution in [0.5, 0.6) is 0 Å². The molecule has 2 aromatic rings. The van der Waals surface area contributed by atoms with Gasteiger partial charge in [-0.15, -0.1) is 0 Å². The highest BCUT2D eigenvalue weighted by Crippen LogP contribution is 2.34. The minimum atomic E-state index is -0.277. The molecule has 1 heterocycles. The van der Waals surface area contributed by atoms with Crippen molar-refractivity contribution in [2.24, 2.45) is 0 Å². The number of halogens is 1. The predicted octanol–water partition coefficient (Wildman–Crippen LogP) is 3.35. The number of rotatable bonds is 4. The van der Waals surface area contributed by atoms with Gasteiger partial charge >= 0.3 is 0 Å². The zero-order chi connectivity index (χ0) is 15.4. The van der Waals surface area contributed by atoms with Crippen molar-refractivity contribution in [1.29, 1.82) is 0 Å². The highest BCUT2D eigenvalue weighted by Gasteiger charge is 2.36. The maximum Gasteiger partial charge on any atom is 0.123 e. The van der Waals surface area contributed by atoms with Crippen LogP contribution in [0.3, 0.4) is 0 Å². The summed E-state index contributed by atoms with van der Waals surface area (Å²) in [6.07, 6.45) is 1.99. The van der Waals surface area contributed by atoms with Crippen LogP contribution in [0.1, 0.15) is 24.0 Å². The molecule has 0 aliphatic carbocycles. The first-order valence-electron chi connectivity index (χ1n) is 7.85. The average molecular weight is 299 g/mol. The quantitative estimate of drug-likeness (QED) is 0.936. The number of hydrogen-bond donors (Lipinski definition) is 1. The molecular weight excluding hydrogens is 277 g/mol. The Morgan fingerprint density at radius 3 is 2.45 bits per heavy atom. The molecule has 1 aliphatic heterocycles. The number of likely N-dealkylation sites (tertiary alicyclic amines) is 1. The molecule has 1 atom stereocenters. The summed E-state index contributed by atoms with van der Waals surface area (Å²) in [6, 6.07) is 17.0. The van der Waals surface area contributed by atoms with Crippen molar-refractivity contribution < 1.29 is 9.50 Å². The molecule has 0 bridgehead atoms. The summed E-state index contributed by atoms with van der Waals surface area (Å²) < 4.78 is 13.2. The van der Waals surface area contributed by atoms with Crippen molar-refractivity contribution in [2.45, 2.75) is 24.8 Å². The van der Waals surface area contributed by atoms with E-state index in [1.165, 1.54) is 17.7 Å². The maximum atomic E-state index is 13.2. The van der Waals surface area contributed by atoms with Crippen molar-refractivity contribution >= 4 is 0 Å². The summed E-state index contributed by atoms with van der Waals surface area (Å²) in [7, 11) is 0. The molecule has 1 aliphatic rings. The highest BCUT2D eigenvalue weighted by atomic mass is 19.1. The van der Waals surface area contributed by atoms with Crippen LogP contribution in [0.2, 0.25) is 0 Å². The molecular formula is C19H22FNO. The van der Waals surface area contributed by atoms with Gasteiger partial charge in [0.2, 0.25) is 0 Å². The van der Waals surface area contributed by atoms with Crippen LogP contribution in [-0.2, 0) is 12.0 Å². The van der Waals surface area contributed by atoms with Gasteiger partial charge in [0.25, 0.3) is 0 Å². The van der Waals surface area contributed by atoms with Crippen LogP contribution < -0.4 is 0 Å². The van der Waals surface area contributed by atoms with Gasteiger partial charge < -0.3 is 5.11 Å². The van der Waals surface area contributed by atoms with Crippen molar-refractivity contribution in [3.05, 3.63) is 71.5 Å². The number of nitrogens with zero attached hydrogens (tertiary/aromatic N) is 1. The van der Waals surface area contributed by atoms with E-state index in [2.05, 4.69) is 29.2 Å². The molecule has 2 aromatic carbocycles. The van der Waals surface area contributed by atoms with E-state index >= 15 is 0 Å². The Morgan fingerprint density at radius 2 is 1.77 bits per heavy atom. The molecule has 1 saturated heterocycles. The van der Waals surface area contributed by atoms with E-state index in [-0.39, 0.29) is 17.8 Å². The van der Waals surface area contributed by atoms with Crippen LogP contribution in [-0.4, -0.2) is 29.7 Å². The van der Waals surface area contributed by atoms with Gasteiger partial charge in [0.15, 0.2) is 0 Å². The smallest absolute Gasteiger partial charge is 0.123 e. The summed E-state index contributed by atoms with van der Waals surface area (Å²) in [5, 5.41) is 10.0. The number of benzene rings is 2. The van der Waals surface area contributed by atoms with Crippen molar-refractivity contribution in [3.63, 3.8) is 0 Å². The number of piperidine rings is 1. The summed E-state index contributed by atoms with van der Waals surface area (Å²) in [5.74, 6) is -0.228. The van der Waals surface area contributed by atoms with Crippen LogP contribution in [0.25, 0.3) is 0 Å². The lowest BCUT2D eigenvalue weighted by Crippen LogP contribution is -2.48.